The van der Waals surface area contributed by atoms with Crippen molar-refractivity contribution in [3.05, 3.63) is 94.0 Å². The van der Waals surface area contributed by atoms with Crippen LogP contribution in [0.5, 0.6) is 0 Å². The number of rotatable bonds is 7. The summed E-state index contributed by atoms with van der Waals surface area (Å²) >= 11 is 5.88. The van der Waals surface area contributed by atoms with Gasteiger partial charge >= 0.3 is 0 Å². The third-order valence-electron chi connectivity index (χ3n) is 4.95. The third kappa shape index (κ3) is 5.94. The number of halogens is 1. The van der Waals surface area contributed by atoms with Crippen molar-refractivity contribution in [1.82, 2.24) is 4.72 Å². The summed E-state index contributed by atoms with van der Waals surface area (Å²) in [4.78, 5) is 13.3. The number of carbonyl (C=O) groups excluding carboxylic acids is 1. The molecule has 0 aliphatic heterocycles. The molecule has 0 aliphatic rings. The summed E-state index contributed by atoms with van der Waals surface area (Å²) in [7, 11) is -3.93. The second-order valence-electron chi connectivity index (χ2n) is 7.58. The van der Waals surface area contributed by atoms with Crippen LogP contribution in [0, 0.1) is 20.8 Å². The molecule has 0 heterocycles. The second kappa shape index (κ2) is 9.64. The number of aryl methyl sites for hydroxylation is 3. The van der Waals surface area contributed by atoms with Crippen molar-refractivity contribution in [1.29, 1.82) is 0 Å². The number of hydrogen-bond acceptors (Lipinski definition) is 3. The molecule has 2 N–H and O–H groups in total. The highest BCUT2D eigenvalue weighted by Gasteiger charge is 2.27. The quantitative estimate of drug-likeness (QED) is 0.536. The molecule has 1 amide bonds. The van der Waals surface area contributed by atoms with Crippen molar-refractivity contribution in [3.8, 4) is 0 Å². The molecular formula is C24H25ClN2O3S. The summed E-state index contributed by atoms with van der Waals surface area (Å²) in [5.41, 5.74) is 4.48. The summed E-state index contributed by atoms with van der Waals surface area (Å²) in [5, 5.41) is 3.36. The van der Waals surface area contributed by atoms with E-state index in [2.05, 4.69) is 10.0 Å². The highest BCUT2D eigenvalue weighted by molar-refractivity contribution is 7.89. The molecule has 3 rings (SSSR count). The molecule has 0 aromatic heterocycles. The van der Waals surface area contributed by atoms with Crippen LogP contribution in [0.15, 0.2) is 71.6 Å². The first-order chi connectivity index (χ1) is 14.7. The average Bonchev–Trinajstić information content (AvgIpc) is 2.71. The van der Waals surface area contributed by atoms with Gasteiger partial charge in [0.2, 0.25) is 15.9 Å². The summed E-state index contributed by atoms with van der Waals surface area (Å²) in [6.07, 6.45) is 0.212. The molecule has 0 saturated heterocycles. The van der Waals surface area contributed by atoms with E-state index in [4.69, 9.17) is 11.6 Å². The van der Waals surface area contributed by atoms with Gasteiger partial charge in [-0.1, -0.05) is 59.6 Å². The number of sulfonamides is 1. The van der Waals surface area contributed by atoms with Crippen LogP contribution in [0.4, 0.5) is 5.69 Å². The molecule has 0 fully saturated rings. The second-order valence-corrected chi connectivity index (χ2v) is 9.73. The number of anilines is 1. The summed E-state index contributed by atoms with van der Waals surface area (Å²) in [5.74, 6) is -0.420. The van der Waals surface area contributed by atoms with Gasteiger partial charge < -0.3 is 5.32 Å². The van der Waals surface area contributed by atoms with Crippen LogP contribution in [-0.2, 0) is 21.2 Å². The van der Waals surface area contributed by atoms with Crippen molar-refractivity contribution < 1.29 is 13.2 Å². The Bertz CT molecular complexity index is 1150. The van der Waals surface area contributed by atoms with Crippen LogP contribution in [0.3, 0.4) is 0 Å². The molecule has 7 heteroatoms. The van der Waals surface area contributed by atoms with E-state index in [1.807, 2.05) is 63.2 Å². The molecule has 31 heavy (non-hydrogen) atoms. The lowest BCUT2D eigenvalue weighted by atomic mass is 10.0. The van der Waals surface area contributed by atoms with E-state index >= 15 is 0 Å². The average molecular weight is 457 g/mol. The van der Waals surface area contributed by atoms with Gasteiger partial charge in [-0.15, -0.1) is 0 Å². The third-order valence-corrected chi connectivity index (χ3v) is 6.69. The molecule has 5 nitrogen and oxygen atoms in total. The van der Waals surface area contributed by atoms with Gasteiger partial charge in [-0.2, -0.15) is 4.72 Å². The van der Waals surface area contributed by atoms with Gasteiger partial charge in [-0.25, -0.2) is 8.42 Å². The Labute approximate surface area is 188 Å². The highest BCUT2D eigenvalue weighted by Crippen LogP contribution is 2.23. The number of nitrogens with one attached hydrogen (secondary N) is 2. The summed E-state index contributed by atoms with van der Waals surface area (Å²) < 4.78 is 28.5. The van der Waals surface area contributed by atoms with Gasteiger partial charge in [0.05, 0.1) is 4.90 Å². The lowest BCUT2D eigenvalue weighted by Crippen LogP contribution is -2.45. The normalized spacial score (nSPS) is 12.4. The molecule has 0 aliphatic carbocycles. The van der Waals surface area contributed by atoms with Gasteiger partial charge in [0.1, 0.15) is 6.04 Å². The predicted molar refractivity (Wildman–Crippen MR) is 125 cm³/mol. The number of hydrogen-bond donors (Lipinski definition) is 2. The van der Waals surface area contributed by atoms with Crippen LogP contribution < -0.4 is 10.0 Å². The molecule has 0 unspecified atom stereocenters. The fourth-order valence-corrected chi connectivity index (χ4v) is 4.82. The van der Waals surface area contributed by atoms with Gasteiger partial charge in [0.25, 0.3) is 0 Å². The molecular weight excluding hydrogens is 432 g/mol. The SMILES string of the molecule is Cc1cc(C)c(NC(=O)[C@H](Cc2ccccc2)NS(=O)(=O)c2ccc(Cl)cc2)c(C)c1. The van der Waals surface area contributed by atoms with Crippen molar-refractivity contribution >= 4 is 33.2 Å². The van der Waals surface area contributed by atoms with Crippen molar-refractivity contribution in [2.24, 2.45) is 0 Å². The van der Waals surface area contributed by atoms with Crippen LogP contribution in [0.1, 0.15) is 22.3 Å². The first-order valence-electron chi connectivity index (χ1n) is 9.86. The Morgan fingerprint density at radius 3 is 2.10 bits per heavy atom. The minimum atomic E-state index is -3.93. The Morgan fingerprint density at radius 2 is 1.52 bits per heavy atom. The van der Waals surface area contributed by atoms with E-state index in [9.17, 15) is 13.2 Å². The van der Waals surface area contributed by atoms with Crippen LogP contribution in [0.2, 0.25) is 5.02 Å². The zero-order chi connectivity index (χ0) is 22.6. The highest BCUT2D eigenvalue weighted by atomic mass is 35.5. The zero-order valence-corrected chi connectivity index (χ0v) is 19.2. The maximum absolute atomic E-state index is 13.2. The molecule has 1 atom stereocenters. The Hall–Kier alpha value is -2.67. The van der Waals surface area contributed by atoms with E-state index in [1.165, 1.54) is 24.3 Å². The van der Waals surface area contributed by atoms with E-state index < -0.39 is 22.0 Å². The van der Waals surface area contributed by atoms with Crippen LogP contribution in [0.25, 0.3) is 0 Å². The Morgan fingerprint density at radius 1 is 0.935 bits per heavy atom. The zero-order valence-electron chi connectivity index (χ0n) is 17.6. The first-order valence-corrected chi connectivity index (χ1v) is 11.7. The minimum absolute atomic E-state index is 0.0467. The molecule has 0 spiro atoms. The van der Waals surface area contributed by atoms with Gasteiger partial charge in [-0.3, -0.25) is 4.79 Å². The van der Waals surface area contributed by atoms with E-state index in [0.717, 1.165) is 22.3 Å². The summed E-state index contributed by atoms with van der Waals surface area (Å²) in [6, 6.07) is 18.1. The van der Waals surface area contributed by atoms with E-state index in [0.29, 0.717) is 10.7 Å². The molecule has 3 aromatic rings. The smallest absolute Gasteiger partial charge is 0.242 e. The monoisotopic (exact) mass is 456 g/mol. The maximum Gasteiger partial charge on any atom is 0.242 e. The van der Waals surface area contributed by atoms with Crippen LogP contribution >= 0.6 is 11.6 Å². The standard InChI is InChI=1S/C24H25ClN2O3S/c1-16-13-17(2)23(18(3)14-16)26-24(28)22(15-19-7-5-4-6-8-19)27-31(29,30)21-11-9-20(25)10-12-21/h4-14,22,27H,15H2,1-3H3,(H,26,28)/t22-/m0/s1. The molecule has 0 saturated carbocycles. The number of benzene rings is 3. The van der Waals surface area contributed by atoms with Gasteiger partial charge in [0, 0.05) is 10.7 Å². The summed E-state index contributed by atoms with van der Waals surface area (Å²) in [6.45, 7) is 5.82. The lowest BCUT2D eigenvalue weighted by molar-refractivity contribution is -0.117. The lowest BCUT2D eigenvalue weighted by Gasteiger charge is -2.21. The van der Waals surface area contributed by atoms with Crippen LogP contribution in [-0.4, -0.2) is 20.4 Å². The minimum Gasteiger partial charge on any atom is -0.324 e. The predicted octanol–water partition coefficient (Wildman–Crippen LogP) is 4.79. The van der Waals surface area contributed by atoms with Gasteiger partial charge in [0.15, 0.2) is 0 Å². The number of amides is 1. The fourth-order valence-electron chi connectivity index (χ4n) is 3.49. The molecule has 162 valence electrons. The van der Waals surface area contributed by atoms with Crippen molar-refractivity contribution in [2.45, 2.75) is 38.1 Å². The van der Waals surface area contributed by atoms with E-state index in [1.54, 1.807) is 0 Å². The largest absolute Gasteiger partial charge is 0.324 e. The fraction of sp³-hybridized carbons (Fsp3) is 0.208. The van der Waals surface area contributed by atoms with Crippen molar-refractivity contribution in [2.75, 3.05) is 5.32 Å². The first kappa shape index (κ1) is 23.0. The topological polar surface area (TPSA) is 75.3 Å². The molecule has 3 aromatic carbocycles. The molecule has 0 radical (unpaired) electrons. The molecule has 0 bridgehead atoms. The Balaban J connectivity index is 1.91. The maximum atomic E-state index is 13.2. The van der Waals surface area contributed by atoms with Gasteiger partial charge in [-0.05, 0) is 68.1 Å². The van der Waals surface area contributed by atoms with Crippen molar-refractivity contribution in [3.63, 3.8) is 0 Å². The Kier molecular flexibility index (Phi) is 7.15. The number of carbonyl (C=O) groups is 1. The van der Waals surface area contributed by atoms with E-state index in [-0.39, 0.29) is 11.3 Å².